The monoisotopic (exact) mass is 250 g/mol. The van der Waals surface area contributed by atoms with E-state index in [0.717, 1.165) is 0 Å². The molecule has 18 heavy (non-hydrogen) atoms. The topological polar surface area (TPSA) is 101 Å². The number of carbonyl (C=O) groups is 2. The van der Waals surface area contributed by atoms with Gasteiger partial charge in [-0.3, -0.25) is 9.78 Å². The van der Waals surface area contributed by atoms with Crippen LogP contribution in [0.3, 0.4) is 0 Å². The van der Waals surface area contributed by atoms with E-state index in [-0.39, 0.29) is 6.61 Å². The molecule has 1 aromatic heterocycles. The molecule has 0 saturated heterocycles. The van der Waals surface area contributed by atoms with Crippen molar-refractivity contribution in [2.75, 3.05) is 11.9 Å². The Morgan fingerprint density at radius 2 is 2.22 bits per heavy atom. The van der Waals surface area contributed by atoms with Crippen LogP contribution in [0, 0.1) is 0 Å². The van der Waals surface area contributed by atoms with Gasteiger partial charge in [0.1, 0.15) is 0 Å². The van der Waals surface area contributed by atoms with Crippen molar-refractivity contribution in [3.63, 3.8) is 0 Å². The molecular weight excluding hydrogens is 240 g/mol. The highest BCUT2D eigenvalue weighted by molar-refractivity contribution is 6.37. The lowest BCUT2D eigenvalue weighted by molar-refractivity contribution is -0.152. The molecule has 0 aliphatic heterocycles. The molecule has 0 radical (unpaired) electrons. The first-order chi connectivity index (χ1) is 8.60. The normalized spacial score (nSPS) is 10.3. The number of aromatic nitrogens is 1. The molecule has 0 bridgehead atoms. The minimum atomic E-state index is -0.965. The van der Waals surface area contributed by atoms with Gasteiger partial charge in [-0.25, -0.2) is 9.59 Å². The van der Waals surface area contributed by atoms with E-state index in [1.165, 1.54) is 12.1 Å². The number of nitrogens with one attached hydrogen (secondary N) is 2. The van der Waals surface area contributed by atoms with E-state index in [2.05, 4.69) is 15.0 Å². The highest BCUT2D eigenvalue weighted by atomic mass is 16.5. The van der Waals surface area contributed by atoms with Gasteiger partial charge in [-0.1, -0.05) is 0 Å². The smallest absolute Gasteiger partial charge is 0.417 e. The van der Waals surface area contributed by atoms with Crippen LogP contribution in [0.15, 0.2) is 27.4 Å². The Labute approximate surface area is 101 Å². The predicted molar refractivity (Wildman–Crippen MR) is 62.1 cm³/mol. The number of benzene rings is 1. The van der Waals surface area contributed by atoms with Crippen LogP contribution in [0.1, 0.15) is 6.92 Å². The molecule has 1 aromatic carbocycles. The molecule has 1 heterocycles. The maximum atomic E-state index is 11.4. The fourth-order valence-corrected chi connectivity index (χ4v) is 1.40. The fraction of sp³-hybridized carbons (Fsp3) is 0.182. The first-order valence-electron chi connectivity index (χ1n) is 5.21. The van der Waals surface area contributed by atoms with Gasteiger partial charge in [0.2, 0.25) is 0 Å². The van der Waals surface area contributed by atoms with Crippen LogP contribution in [0.4, 0.5) is 5.69 Å². The van der Waals surface area contributed by atoms with Crippen molar-refractivity contribution >= 4 is 28.7 Å². The molecule has 0 spiro atoms. The molecule has 0 aliphatic carbocycles. The number of esters is 1. The van der Waals surface area contributed by atoms with E-state index >= 15 is 0 Å². The second-order valence-corrected chi connectivity index (χ2v) is 3.40. The largest absolute Gasteiger partial charge is 0.459 e. The molecule has 0 saturated carbocycles. The van der Waals surface area contributed by atoms with Crippen molar-refractivity contribution in [3.8, 4) is 0 Å². The highest BCUT2D eigenvalue weighted by Gasteiger charge is 2.15. The molecule has 1 amide bonds. The maximum absolute atomic E-state index is 11.4. The Bertz CT molecular complexity index is 655. The summed E-state index contributed by atoms with van der Waals surface area (Å²) in [6.45, 7) is 1.73. The van der Waals surface area contributed by atoms with Crippen molar-refractivity contribution in [1.29, 1.82) is 0 Å². The SMILES string of the molecule is CCOC(=O)C(=O)Nc1ccc2[nH]c(=O)oc2c1. The van der Waals surface area contributed by atoms with Gasteiger partial charge in [0.05, 0.1) is 12.1 Å². The quantitative estimate of drug-likeness (QED) is 0.601. The molecule has 2 N–H and O–H groups in total. The van der Waals surface area contributed by atoms with Crippen molar-refractivity contribution < 1.29 is 18.7 Å². The number of ether oxygens (including phenoxy) is 1. The number of aromatic amines is 1. The fourth-order valence-electron chi connectivity index (χ4n) is 1.40. The number of rotatable bonds is 2. The van der Waals surface area contributed by atoms with Crippen LogP contribution < -0.4 is 11.1 Å². The number of hydrogen-bond donors (Lipinski definition) is 2. The minimum Gasteiger partial charge on any atom is -0.459 e. The number of oxazole rings is 1. The summed E-state index contributed by atoms with van der Waals surface area (Å²) in [5.41, 5.74) is 1.14. The molecule has 94 valence electrons. The second kappa shape index (κ2) is 4.74. The summed E-state index contributed by atoms with van der Waals surface area (Å²) in [5.74, 6) is -2.43. The lowest BCUT2D eigenvalue weighted by Crippen LogP contribution is -2.24. The van der Waals surface area contributed by atoms with E-state index in [1.54, 1.807) is 13.0 Å². The summed E-state index contributed by atoms with van der Waals surface area (Å²) in [6.07, 6.45) is 0. The molecule has 2 rings (SSSR count). The molecule has 7 nitrogen and oxygen atoms in total. The molecule has 0 unspecified atom stereocenters. The highest BCUT2D eigenvalue weighted by Crippen LogP contribution is 2.16. The Balaban J connectivity index is 2.19. The van der Waals surface area contributed by atoms with Crippen LogP contribution in [-0.4, -0.2) is 23.5 Å². The zero-order valence-corrected chi connectivity index (χ0v) is 9.48. The molecule has 0 atom stereocenters. The van der Waals surface area contributed by atoms with Crippen molar-refractivity contribution in [1.82, 2.24) is 4.98 Å². The Morgan fingerprint density at radius 3 is 2.94 bits per heavy atom. The number of carbonyl (C=O) groups excluding carboxylic acids is 2. The summed E-state index contributed by atoms with van der Waals surface area (Å²) in [5, 5.41) is 2.34. The molecule has 0 fully saturated rings. The maximum Gasteiger partial charge on any atom is 0.417 e. The average Bonchev–Trinajstić information content (AvgIpc) is 2.68. The van der Waals surface area contributed by atoms with Gasteiger partial charge in [0.15, 0.2) is 5.58 Å². The van der Waals surface area contributed by atoms with Gasteiger partial charge >= 0.3 is 17.6 Å². The van der Waals surface area contributed by atoms with Crippen LogP contribution >= 0.6 is 0 Å². The summed E-state index contributed by atoms with van der Waals surface area (Å²) in [6, 6.07) is 4.52. The van der Waals surface area contributed by atoms with Gasteiger partial charge in [-0.2, -0.15) is 0 Å². The first kappa shape index (κ1) is 11.9. The summed E-state index contributed by atoms with van der Waals surface area (Å²) in [4.78, 5) is 35.8. The van der Waals surface area contributed by atoms with E-state index in [0.29, 0.717) is 16.8 Å². The molecule has 2 aromatic rings. The van der Waals surface area contributed by atoms with Crippen LogP contribution in [0.5, 0.6) is 0 Å². The Hall–Kier alpha value is -2.57. The lowest BCUT2D eigenvalue weighted by Gasteiger charge is -2.03. The van der Waals surface area contributed by atoms with Crippen LogP contribution in [0.2, 0.25) is 0 Å². The van der Waals surface area contributed by atoms with Crippen LogP contribution in [0.25, 0.3) is 11.1 Å². The van der Waals surface area contributed by atoms with E-state index in [9.17, 15) is 14.4 Å². The number of amides is 1. The lowest BCUT2D eigenvalue weighted by atomic mass is 10.3. The average molecular weight is 250 g/mol. The van der Waals surface area contributed by atoms with Crippen molar-refractivity contribution in [2.45, 2.75) is 6.92 Å². The third-order valence-electron chi connectivity index (χ3n) is 2.14. The van der Waals surface area contributed by atoms with Crippen LogP contribution in [-0.2, 0) is 14.3 Å². The Morgan fingerprint density at radius 1 is 1.44 bits per heavy atom. The third kappa shape index (κ3) is 2.40. The standard InChI is InChI=1S/C11H10N2O5/c1-2-17-10(15)9(14)12-6-3-4-7-8(5-6)18-11(16)13-7/h3-5H,2H2,1H3,(H,12,14)(H,13,16). The number of hydrogen-bond acceptors (Lipinski definition) is 5. The van der Waals surface area contributed by atoms with Gasteiger partial charge in [0.25, 0.3) is 0 Å². The van der Waals surface area contributed by atoms with E-state index < -0.39 is 17.6 Å². The summed E-state index contributed by atoms with van der Waals surface area (Å²) in [7, 11) is 0. The second-order valence-electron chi connectivity index (χ2n) is 3.40. The number of anilines is 1. The predicted octanol–water partition coefficient (Wildman–Crippen LogP) is 0.623. The number of fused-ring (bicyclic) bond motifs is 1. The Kier molecular flexibility index (Phi) is 3.13. The summed E-state index contributed by atoms with van der Waals surface area (Å²) >= 11 is 0. The van der Waals surface area contributed by atoms with Crippen molar-refractivity contribution in [2.24, 2.45) is 0 Å². The summed E-state index contributed by atoms with van der Waals surface area (Å²) < 4.78 is 9.36. The first-order valence-corrected chi connectivity index (χ1v) is 5.21. The van der Waals surface area contributed by atoms with Gasteiger partial charge in [-0.05, 0) is 19.1 Å². The minimum absolute atomic E-state index is 0.123. The molecule has 7 heteroatoms. The van der Waals surface area contributed by atoms with Crippen molar-refractivity contribution in [3.05, 3.63) is 28.7 Å². The van der Waals surface area contributed by atoms with E-state index in [1.807, 2.05) is 0 Å². The van der Waals surface area contributed by atoms with E-state index in [4.69, 9.17) is 4.42 Å². The zero-order valence-electron chi connectivity index (χ0n) is 9.48. The molecular formula is C11H10N2O5. The third-order valence-corrected chi connectivity index (χ3v) is 2.14. The van der Waals surface area contributed by atoms with Gasteiger partial charge < -0.3 is 14.5 Å². The van der Waals surface area contributed by atoms with Gasteiger partial charge in [0, 0.05) is 11.8 Å². The number of H-pyrrole nitrogens is 1. The zero-order chi connectivity index (χ0) is 13.1. The van der Waals surface area contributed by atoms with Gasteiger partial charge in [-0.15, -0.1) is 0 Å². The molecule has 0 aliphatic rings.